The maximum Gasteiger partial charge on any atom is 3.00 e. The largest absolute Gasteiger partial charge is 3.00 e. The number of hydrogen-bond donors (Lipinski definition) is 0. The van der Waals surface area contributed by atoms with Gasteiger partial charge in [-0.2, -0.15) is 0 Å². The molecule has 0 N–H and O–H groups in total. The van der Waals surface area contributed by atoms with Gasteiger partial charge in [0.15, 0.2) is 0 Å². The van der Waals surface area contributed by atoms with Crippen LogP contribution >= 0.6 is 0 Å². The van der Waals surface area contributed by atoms with Crippen LogP contribution in [0, 0.1) is 0 Å². The molecule has 0 aliphatic carbocycles. The standard InChI is InChI=1S/5ClH.Fe.Mn/h5*1H;;/q;;;;;+3;+2/p-5. The van der Waals surface area contributed by atoms with Crippen LogP contribution in [0.1, 0.15) is 0 Å². The van der Waals surface area contributed by atoms with Gasteiger partial charge in [0.25, 0.3) is 0 Å². The summed E-state index contributed by atoms with van der Waals surface area (Å²) in [5.74, 6) is 0. The van der Waals surface area contributed by atoms with Crippen molar-refractivity contribution >= 4 is 0 Å². The van der Waals surface area contributed by atoms with E-state index in [0.29, 0.717) is 0 Å². The van der Waals surface area contributed by atoms with Crippen molar-refractivity contribution in [3.05, 3.63) is 0 Å². The fourth-order valence-electron chi connectivity index (χ4n) is 0. The van der Waals surface area contributed by atoms with Gasteiger partial charge in [0.1, 0.15) is 0 Å². The third kappa shape index (κ3) is 57.7. The number of halogens is 5. The molecular weight excluding hydrogens is 288 g/mol. The van der Waals surface area contributed by atoms with E-state index in [0.717, 1.165) is 0 Å². The summed E-state index contributed by atoms with van der Waals surface area (Å²) in [5, 5.41) is 0. The second-order valence-electron chi connectivity index (χ2n) is 0. The summed E-state index contributed by atoms with van der Waals surface area (Å²) < 4.78 is 0. The molecule has 0 bridgehead atoms. The number of rotatable bonds is 0. The molecule has 7 heavy (non-hydrogen) atoms. The zero-order chi connectivity index (χ0) is 0. The van der Waals surface area contributed by atoms with Gasteiger partial charge in [0, 0.05) is 0 Å². The van der Waals surface area contributed by atoms with Gasteiger partial charge in [-0.25, -0.2) is 0 Å². The van der Waals surface area contributed by atoms with E-state index in [1.165, 1.54) is 0 Å². The van der Waals surface area contributed by atoms with Crippen LogP contribution in [0.4, 0.5) is 0 Å². The van der Waals surface area contributed by atoms with Crippen LogP contribution in [0.3, 0.4) is 0 Å². The van der Waals surface area contributed by atoms with Crippen LogP contribution in [0.5, 0.6) is 0 Å². The Balaban J connectivity index is 0. The van der Waals surface area contributed by atoms with E-state index in [4.69, 9.17) is 0 Å². The molecule has 0 aliphatic heterocycles. The van der Waals surface area contributed by atoms with E-state index >= 15 is 0 Å². The third-order valence-corrected chi connectivity index (χ3v) is 0. The predicted octanol–water partition coefficient (Wildman–Crippen LogP) is -15.0. The van der Waals surface area contributed by atoms with Crippen LogP contribution in [0.2, 0.25) is 0 Å². The van der Waals surface area contributed by atoms with Crippen molar-refractivity contribution in [1.29, 1.82) is 0 Å². The Morgan fingerprint density at radius 3 is 0.429 bits per heavy atom. The second-order valence-corrected chi connectivity index (χ2v) is 0. The monoisotopic (exact) mass is 286 g/mol. The summed E-state index contributed by atoms with van der Waals surface area (Å²) in [6.45, 7) is 0. The molecular formula is Cl5FeMn. The minimum Gasteiger partial charge on any atom is -1.00 e. The maximum absolute atomic E-state index is 0. The van der Waals surface area contributed by atoms with Gasteiger partial charge >= 0.3 is 34.1 Å². The summed E-state index contributed by atoms with van der Waals surface area (Å²) >= 11 is 0. The average molecular weight is 288 g/mol. The van der Waals surface area contributed by atoms with Gasteiger partial charge in [-0.15, -0.1) is 0 Å². The van der Waals surface area contributed by atoms with Crippen molar-refractivity contribution in [3.63, 3.8) is 0 Å². The minimum absolute atomic E-state index is 0. The van der Waals surface area contributed by atoms with Gasteiger partial charge in [-0.3, -0.25) is 0 Å². The fraction of sp³-hybridized carbons (Fsp3) is 0. The molecule has 0 fully saturated rings. The van der Waals surface area contributed by atoms with E-state index in [1.54, 1.807) is 0 Å². The third-order valence-electron chi connectivity index (χ3n) is 0. The normalized spacial score (nSPS) is 0. The van der Waals surface area contributed by atoms with Gasteiger partial charge in [-0.05, 0) is 0 Å². The van der Waals surface area contributed by atoms with Crippen molar-refractivity contribution in [1.82, 2.24) is 0 Å². The second kappa shape index (κ2) is 76.9. The smallest absolute Gasteiger partial charge is 1.00 e. The first-order valence-corrected chi connectivity index (χ1v) is 0. The fourth-order valence-corrected chi connectivity index (χ4v) is 0. The van der Waals surface area contributed by atoms with Crippen molar-refractivity contribution in [2.24, 2.45) is 0 Å². The van der Waals surface area contributed by atoms with E-state index in [2.05, 4.69) is 0 Å². The molecule has 0 rings (SSSR count). The molecule has 0 aromatic rings. The molecule has 0 unspecified atom stereocenters. The Kier molecular flexibility index (Phi) is 1210. The number of hydrogen-bond acceptors (Lipinski definition) is 0. The van der Waals surface area contributed by atoms with E-state index < -0.39 is 0 Å². The molecule has 50 valence electrons. The van der Waals surface area contributed by atoms with E-state index in [-0.39, 0.29) is 96.2 Å². The summed E-state index contributed by atoms with van der Waals surface area (Å²) in [7, 11) is 0. The molecule has 7 heteroatoms. The molecule has 0 saturated carbocycles. The minimum atomic E-state index is 0. The van der Waals surface area contributed by atoms with Gasteiger partial charge in [-0.1, -0.05) is 0 Å². The molecule has 0 atom stereocenters. The Morgan fingerprint density at radius 1 is 0.429 bits per heavy atom. The summed E-state index contributed by atoms with van der Waals surface area (Å²) in [4.78, 5) is 0. The molecule has 2 radical (unpaired) electrons. The molecule has 0 aromatic heterocycles. The molecule has 0 amide bonds. The first-order chi connectivity index (χ1) is 0. The molecule has 0 aliphatic rings. The van der Waals surface area contributed by atoms with Crippen LogP contribution in [0.25, 0.3) is 0 Å². The topological polar surface area (TPSA) is 0 Å². The van der Waals surface area contributed by atoms with Gasteiger partial charge in [0.05, 0.1) is 0 Å². The maximum atomic E-state index is 0. The Hall–Kier alpha value is 2.49. The van der Waals surface area contributed by atoms with Crippen LogP contribution in [-0.4, -0.2) is 0 Å². The Morgan fingerprint density at radius 2 is 0.429 bits per heavy atom. The molecule has 0 aromatic carbocycles. The zero-order valence-electron chi connectivity index (χ0n) is 2.62. The SMILES string of the molecule is [Cl-].[Cl-].[Cl-].[Cl-].[Cl-].[Fe+3].[Mn+2]. The Bertz CT molecular complexity index is 8.04. The van der Waals surface area contributed by atoms with Gasteiger partial charge in [0.2, 0.25) is 0 Å². The van der Waals surface area contributed by atoms with Crippen molar-refractivity contribution in [2.75, 3.05) is 0 Å². The summed E-state index contributed by atoms with van der Waals surface area (Å²) in [5.41, 5.74) is 0. The van der Waals surface area contributed by atoms with Crippen LogP contribution < -0.4 is 62.0 Å². The van der Waals surface area contributed by atoms with Crippen LogP contribution in [-0.2, 0) is 34.1 Å². The molecule has 0 heterocycles. The predicted molar refractivity (Wildman–Crippen MR) is 0 cm³/mol. The van der Waals surface area contributed by atoms with E-state index in [9.17, 15) is 0 Å². The van der Waals surface area contributed by atoms with Crippen molar-refractivity contribution in [3.8, 4) is 0 Å². The van der Waals surface area contributed by atoms with Crippen molar-refractivity contribution < 1.29 is 96.2 Å². The quantitative estimate of drug-likeness (QED) is 0.388. The molecule has 0 saturated heterocycles. The Labute approximate surface area is 95.3 Å². The zero-order valence-corrected chi connectivity index (χ0v) is 8.69. The molecule has 0 nitrogen and oxygen atoms in total. The van der Waals surface area contributed by atoms with Crippen LogP contribution in [0.15, 0.2) is 0 Å². The first kappa shape index (κ1) is 110. The van der Waals surface area contributed by atoms with Crippen molar-refractivity contribution in [2.45, 2.75) is 0 Å². The summed E-state index contributed by atoms with van der Waals surface area (Å²) in [6.07, 6.45) is 0. The van der Waals surface area contributed by atoms with Gasteiger partial charge < -0.3 is 62.0 Å². The van der Waals surface area contributed by atoms with E-state index in [1.807, 2.05) is 0 Å². The first-order valence-electron chi connectivity index (χ1n) is 0. The average Bonchev–Trinajstić information content (AvgIpc) is 0. The summed E-state index contributed by atoms with van der Waals surface area (Å²) in [6, 6.07) is 0. The molecule has 0 spiro atoms.